The monoisotopic (exact) mass is 496 g/mol. The average molecular weight is 497 g/mol. The zero-order chi connectivity index (χ0) is 23.9. The Bertz CT molecular complexity index is 1460. The van der Waals surface area contributed by atoms with Crippen molar-refractivity contribution in [1.29, 1.82) is 0 Å². The number of aromatic amines is 1. The highest BCUT2D eigenvalue weighted by Gasteiger charge is 2.31. The molecule has 0 radical (unpaired) electrons. The molecule has 1 aliphatic rings. The zero-order valence-corrected chi connectivity index (χ0v) is 19.6. The van der Waals surface area contributed by atoms with Gasteiger partial charge < -0.3 is 15.1 Å². The van der Waals surface area contributed by atoms with Crippen molar-refractivity contribution in [2.45, 2.75) is 5.03 Å². The first-order chi connectivity index (χ1) is 16.3. The lowest BCUT2D eigenvalue weighted by molar-refractivity contribution is -0.605. The van der Waals surface area contributed by atoms with Crippen LogP contribution in [0.4, 0.5) is 0 Å². The highest BCUT2D eigenvalue weighted by atomic mass is 35.5. The third-order valence-electron chi connectivity index (χ3n) is 5.97. The van der Waals surface area contributed by atoms with E-state index < -0.39 is 10.0 Å². The van der Waals surface area contributed by atoms with Crippen molar-refractivity contribution in [3.8, 4) is 11.1 Å². The molecule has 0 unspecified atom stereocenters. The molecule has 2 aromatic carbocycles. The molecular weight excluding hydrogens is 476 g/mol. The smallest absolute Gasteiger partial charge is 0.258 e. The van der Waals surface area contributed by atoms with E-state index in [1.165, 1.54) is 16.7 Å². The van der Waals surface area contributed by atoms with Crippen LogP contribution in [-0.4, -0.2) is 54.7 Å². The van der Waals surface area contributed by atoms with E-state index in [0.717, 1.165) is 21.2 Å². The molecule has 2 aromatic heterocycles. The maximum absolute atomic E-state index is 13.1. The number of nitrogens with zero attached hydrogens (tertiary/aromatic N) is 3. The van der Waals surface area contributed by atoms with Crippen LogP contribution in [0.15, 0.2) is 78.1 Å². The molecule has 4 aromatic rings. The summed E-state index contributed by atoms with van der Waals surface area (Å²) in [5, 5.41) is 12.6. The minimum Gasteiger partial charge on any atom is -0.619 e. The number of nitrogens with one attached hydrogen (secondary N) is 1. The molecule has 3 heterocycles. The summed E-state index contributed by atoms with van der Waals surface area (Å²) in [6.07, 6.45) is 2.85. The molecule has 8 nitrogen and oxygen atoms in total. The van der Waals surface area contributed by atoms with E-state index in [2.05, 4.69) is 4.98 Å². The maximum Gasteiger partial charge on any atom is 0.258 e. The fourth-order valence-electron chi connectivity index (χ4n) is 4.08. The molecule has 1 fully saturated rings. The van der Waals surface area contributed by atoms with Crippen molar-refractivity contribution in [3.63, 3.8) is 0 Å². The maximum atomic E-state index is 13.1. The summed E-state index contributed by atoms with van der Waals surface area (Å²) in [5.41, 5.74) is 3.00. The summed E-state index contributed by atoms with van der Waals surface area (Å²) in [7, 11) is -3.72. The highest BCUT2D eigenvalue weighted by molar-refractivity contribution is 7.89. The normalized spacial score (nSPS) is 15.0. The minimum absolute atomic E-state index is 0.114. The molecule has 0 spiro atoms. The van der Waals surface area contributed by atoms with Gasteiger partial charge in [0.15, 0.2) is 12.4 Å². The van der Waals surface area contributed by atoms with Crippen LogP contribution in [0.2, 0.25) is 5.02 Å². The Balaban J connectivity index is 1.26. The van der Waals surface area contributed by atoms with E-state index in [4.69, 9.17) is 11.6 Å². The van der Waals surface area contributed by atoms with E-state index in [0.29, 0.717) is 29.2 Å². The van der Waals surface area contributed by atoms with Crippen LogP contribution in [0.5, 0.6) is 0 Å². The van der Waals surface area contributed by atoms with Crippen LogP contribution >= 0.6 is 11.6 Å². The molecule has 1 aliphatic heterocycles. The van der Waals surface area contributed by atoms with Gasteiger partial charge >= 0.3 is 0 Å². The van der Waals surface area contributed by atoms with Crippen LogP contribution in [-0.2, 0) is 10.0 Å². The van der Waals surface area contributed by atoms with Gasteiger partial charge in [-0.15, -0.1) is 0 Å². The van der Waals surface area contributed by atoms with Crippen molar-refractivity contribution in [2.75, 3.05) is 26.2 Å². The third kappa shape index (κ3) is 4.25. The molecule has 10 heteroatoms. The standard InChI is InChI=1S/C24H21ClN4O4S/c25-21-5-6-22-20(15-21)16-23(26-22)34(32,33)29-13-11-27(12-14-29)24(30)19-3-1-17(2-4-19)18-7-9-28(31)10-8-18/h1-10,15-16,26H,11-14H2. The predicted molar refractivity (Wildman–Crippen MR) is 129 cm³/mol. The second-order valence-corrected chi connectivity index (χ2v) is 10.4. The van der Waals surface area contributed by atoms with E-state index in [-0.39, 0.29) is 24.0 Å². The average Bonchev–Trinajstić information content (AvgIpc) is 3.28. The molecule has 1 N–H and O–H groups in total. The second kappa shape index (κ2) is 8.75. The van der Waals surface area contributed by atoms with E-state index in [1.807, 2.05) is 12.1 Å². The summed E-state index contributed by atoms with van der Waals surface area (Å²) < 4.78 is 28.3. The van der Waals surface area contributed by atoms with Gasteiger partial charge in [0.2, 0.25) is 0 Å². The van der Waals surface area contributed by atoms with Gasteiger partial charge in [0.25, 0.3) is 15.9 Å². The largest absolute Gasteiger partial charge is 0.619 e. The molecule has 0 atom stereocenters. The SMILES string of the molecule is O=C(c1ccc(-c2cc[n+]([O-])cc2)cc1)N1CCN(S(=O)(=O)c2cc3cc(Cl)ccc3[nH]2)CC1. The Morgan fingerprint density at radius 2 is 1.56 bits per heavy atom. The van der Waals surface area contributed by atoms with Gasteiger partial charge in [-0.25, -0.2) is 8.42 Å². The van der Waals surface area contributed by atoms with Crippen LogP contribution in [0.3, 0.4) is 0 Å². The van der Waals surface area contributed by atoms with E-state index >= 15 is 0 Å². The Morgan fingerprint density at radius 1 is 0.912 bits per heavy atom. The molecule has 174 valence electrons. The van der Waals surface area contributed by atoms with Crippen LogP contribution in [0.1, 0.15) is 10.4 Å². The number of halogens is 1. The summed E-state index contributed by atoms with van der Waals surface area (Å²) in [5.74, 6) is -0.144. The number of piperazine rings is 1. The number of carbonyl (C=O) groups excluding carboxylic acids is 1. The van der Waals surface area contributed by atoms with Gasteiger partial charge in [0.05, 0.1) is 0 Å². The first-order valence-electron chi connectivity index (χ1n) is 10.7. The Morgan fingerprint density at radius 3 is 2.24 bits per heavy atom. The first kappa shape index (κ1) is 22.4. The Labute approximate surface area is 201 Å². The highest BCUT2D eigenvalue weighted by Crippen LogP contribution is 2.25. The zero-order valence-electron chi connectivity index (χ0n) is 18.0. The molecule has 0 bridgehead atoms. The van der Waals surface area contributed by atoms with Gasteiger partial charge in [0.1, 0.15) is 5.03 Å². The van der Waals surface area contributed by atoms with Crippen molar-refractivity contribution < 1.29 is 17.9 Å². The first-order valence-corrected chi connectivity index (χ1v) is 12.5. The lowest BCUT2D eigenvalue weighted by Gasteiger charge is -2.33. The number of sulfonamides is 1. The number of pyridine rings is 1. The van der Waals surface area contributed by atoms with Crippen LogP contribution < -0.4 is 4.73 Å². The number of aromatic nitrogens is 2. The quantitative estimate of drug-likeness (QED) is 0.346. The molecule has 34 heavy (non-hydrogen) atoms. The van der Waals surface area contributed by atoms with Crippen LogP contribution in [0.25, 0.3) is 22.0 Å². The Kier molecular flexibility index (Phi) is 5.76. The number of rotatable bonds is 4. The van der Waals surface area contributed by atoms with Crippen molar-refractivity contribution >= 4 is 38.4 Å². The minimum atomic E-state index is -3.72. The van der Waals surface area contributed by atoms with Gasteiger partial charge in [-0.05, 0) is 47.5 Å². The topological polar surface area (TPSA) is 100 Å². The molecule has 1 amide bonds. The van der Waals surface area contributed by atoms with Crippen LogP contribution in [0, 0.1) is 5.21 Å². The molecule has 0 aliphatic carbocycles. The number of benzene rings is 2. The fraction of sp³-hybridized carbons (Fsp3) is 0.167. The fourth-order valence-corrected chi connectivity index (χ4v) is 5.70. The van der Waals surface area contributed by atoms with Crippen molar-refractivity contribution in [1.82, 2.24) is 14.2 Å². The number of hydrogen-bond donors (Lipinski definition) is 1. The van der Waals surface area contributed by atoms with E-state index in [1.54, 1.807) is 53.4 Å². The van der Waals surface area contributed by atoms with Gasteiger partial charge in [-0.1, -0.05) is 23.7 Å². The predicted octanol–water partition coefficient (Wildman–Crippen LogP) is 3.27. The number of H-pyrrole nitrogens is 1. The summed E-state index contributed by atoms with van der Waals surface area (Å²) >= 11 is 6.01. The van der Waals surface area contributed by atoms with Gasteiger partial charge in [-0.3, -0.25) is 4.79 Å². The molecular formula is C24H21ClN4O4S. The Hall–Kier alpha value is -3.40. The van der Waals surface area contributed by atoms with Crippen molar-refractivity contribution in [3.05, 3.63) is 88.9 Å². The number of fused-ring (bicyclic) bond motifs is 1. The second-order valence-electron chi connectivity index (χ2n) is 8.09. The van der Waals surface area contributed by atoms with Gasteiger partial charge in [-0.2, -0.15) is 9.04 Å². The molecule has 0 saturated carbocycles. The van der Waals surface area contributed by atoms with Crippen molar-refractivity contribution in [2.24, 2.45) is 0 Å². The third-order valence-corrected chi connectivity index (χ3v) is 8.02. The number of carbonyl (C=O) groups is 1. The molecule has 5 rings (SSSR count). The molecule has 1 saturated heterocycles. The van der Waals surface area contributed by atoms with E-state index in [9.17, 15) is 18.4 Å². The summed E-state index contributed by atoms with van der Waals surface area (Å²) in [6, 6.07) is 17.3. The lowest BCUT2D eigenvalue weighted by atomic mass is 10.0. The lowest BCUT2D eigenvalue weighted by Crippen LogP contribution is -2.50. The number of hydrogen-bond acceptors (Lipinski definition) is 4. The summed E-state index contributed by atoms with van der Waals surface area (Å²) in [6.45, 7) is 1.02. The number of amides is 1. The summed E-state index contributed by atoms with van der Waals surface area (Å²) in [4.78, 5) is 17.6. The van der Waals surface area contributed by atoms with Gasteiger partial charge in [0, 0.05) is 59.8 Å².